The number of benzene rings is 1. The second-order valence-electron chi connectivity index (χ2n) is 4.06. The van der Waals surface area contributed by atoms with Crippen LogP contribution in [0.1, 0.15) is 17.5 Å². The highest BCUT2D eigenvalue weighted by Crippen LogP contribution is 2.37. The Morgan fingerprint density at radius 1 is 1.33 bits per heavy atom. The van der Waals surface area contributed by atoms with E-state index in [2.05, 4.69) is 0 Å². The number of alkyl halides is 3. The molecule has 0 unspecified atom stereocenters. The van der Waals surface area contributed by atoms with Crippen molar-refractivity contribution in [3.63, 3.8) is 0 Å². The Bertz CT molecular complexity index is 469. The third kappa shape index (κ3) is 2.43. The van der Waals surface area contributed by atoms with Gasteiger partial charge in [-0.25, -0.2) is 0 Å². The van der Waals surface area contributed by atoms with Crippen molar-refractivity contribution in [2.45, 2.75) is 12.6 Å². The van der Waals surface area contributed by atoms with E-state index < -0.39 is 11.7 Å². The van der Waals surface area contributed by atoms with Crippen LogP contribution in [0.15, 0.2) is 18.2 Å². The standard InChI is InChI=1S/C12H12F3NOS/c1-17-10-4-3-8(7-9(10)12(13,14)15)11(18)16-5-2-6-16/h3-4,7H,2,5-6H2,1H3. The molecule has 0 aliphatic carbocycles. The molecular weight excluding hydrogens is 263 g/mol. The largest absolute Gasteiger partial charge is 0.496 e. The zero-order valence-electron chi connectivity index (χ0n) is 9.75. The lowest BCUT2D eigenvalue weighted by molar-refractivity contribution is -0.138. The smallest absolute Gasteiger partial charge is 0.419 e. The maximum absolute atomic E-state index is 12.8. The van der Waals surface area contributed by atoms with E-state index in [0.717, 1.165) is 25.6 Å². The molecule has 0 N–H and O–H groups in total. The van der Waals surface area contributed by atoms with Crippen molar-refractivity contribution < 1.29 is 17.9 Å². The van der Waals surface area contributed by atoms with Gasteiger partial charge in [-0.1, -0.05) is 12.2 Å². The predicted molar refractivity (Wildman–Crippen MR) is 65.9 cm³/mol. The minimum absolute atomic E-state index is 0.183. The zero-order chi connectivity index (χ0) is 13.3. The molecule has 6 heteroatoms. The normalized spacial score (nSPS) is 15.2. The van der Waals surface area contributed by atoms with Crippen molar-refractivity contribution >= 4 is 17.2 Å². The van der Waals surface area contributed by atoms with Gasteiger partial charge in [0.2, 0.25) is 0 Å². The fourth-order valence-corrected chi connectivity index (χ4v) is 2.07. The highest BCUT2D eigenvalue weighted by atomic mass is 32.1. The van der Waals surface area contributed by atoms with Crippen molar-refractivity contribution in [1.29, 1.82) is 0 Å². The molecule has 0 aromatic heterocycles. The molecule has 0 atom stereocenters. The van der Waals surface area contributed by atoms with E-state index in [1.54, 1.807) is 6.07 Å². The van der Waals surface area contributed by atoms with Crippen molar-refractivity contribution in [2.24, 2.45) is 0 Å². The summed E-state index contributed by atoms with van der Waals surface area (Å²) >= 11 is 5.17. The zero-order valence-corrected chi connectivity index (χ0v) is 10.6. The van der Waals surface area contributed by atoms with Crippen LogP contribution >= 0.6 is 12.2 Å². The Hall–Kier alpha value is -1.30. The Morgan fingerprint density at radius 2 is 2.00 bits per heavy atom. The van der Waals surface area contributed by atoms with Crippen molar-refractivity contribution in [3.8, 4) is 5.75 Å². The topological polar surface area (TPSA) is 12.5 Å². The number of likely N-dealkylation sites (tertiary alicyclic amines) is 1. The van der Waals surface area contributed by atoms with Gasteiger partial charge in [-0.05, 0) is 24.6 Å². The Labute approximate surface area is 108 Å². The second kappa shape index (κ2) is 4.76. The van der Waals surface area contributed by atoms with E-state index >= 15 is 0 Å². The number of thiocarbonyl (C=S) groups is 1. The van der Waals surface area contributed by atoms with Crippen LogP contribution in [0.4, 0.5) is 13.2 Å². The summed E-state index contributed by atoms with van der Waals surface area (Å²) in [7, 11) is 1.22. The summed E-state index contributed by atoms with van der Waals surface area (Å²) in [4.78, 5) is 2.35. The fraction of sp³-hybridized carbons (Fsp3) is 0.417. The average molecular weight is 275 g/mol. The molecule has 1 aliphatic heterocycles. The van der Waals surface area contributed by atoms with Gasteiger partial charge in [-0.2, -0.15) is 13.2 Å². The molecule has 2 nitrogen and oxygen atoms in total. The van der Waals surface area contributed by atoms with Gasteiger partial charge in [-0.3, -0.25) is 0 Å². The molecule has 18 heavy (non-hydrogen) atoms. The quantitative estimate of drug-likeness (QED) is 0.770. The SMILES string of the molecule is COc1ccc(C(=S)N2CCC2)cc1C(F)(F)F. The number of hydrogen-bond donors (Lipinski definition) is 0. The van der Waals surface area contributed by atoms with E-state index in [-0.39, 0.29) is 5.75 Å². The lowest BCUT2D eigenvalue weighted by Crippen LogP contribution is -2.41. The first-order chi connectivity index (χ1) is 8.43. The van der Waals surface area contributed by atoms with Crippen LogP contribution < -0.4 is 4.74 Å². The minimum atomic E-state index is -4.44. The van der Waals surface area contributed by atoms with Gasteiger partial charge in [0, 0.05) is 18.7 Å². The Morgan fingerprint density at radius 3 is 2.44 bits per heavy atom. The molecule has 0 spiro atoms. The van der Waals surface area contributed by atoms with E-state index in [9.17, 15) is 13.2 Å². The van der Waals surface area contributed by atoms with E-state index in [4.69, 9.17) is 17.0 Å². The number of rotatable bonds is 2. The highest BCUT2D eigenvalue weighted by Gasteiger charge is 2.35. The highest BCUT2D eigenvalue weighted by molar-refractivity contribution is 7.80. The average Bonchev–Trinajstić information content (AvgIpc) is 2.24. The van der Waals surface area contributed by atoms with Crippen molar-refractivity contribution in [1.82, 2.24) is 4.90 Å². The Kier molecular flexibility index (Phi) is 3.47. The van der Waals surface area contributed by atoms with Gasteiger partial charge < -0.3 is 9.64 Å². The molecule has 0 saturated carbocycles. The molecular formula is C12H12F3NOS. The Balaban J connectivity index is 2.36. The van der Waals surface area contributed by atoms with Crippen molar-refractivity contribution in [3.05, 3.63) is 29.3 Å². The van der Waals surface area contributed by atoms with Crippen LogP contribution in [0.2, 0.25) is 0 Å². The van der Waals surface area contributed by atoms with Gasteiger partial charge in [-0.15, -0.1) is 0 Å². The summed E-state index contributed by atoms with van der Waals surface area (Å²) in [5.74, 6) is -0.183. The van der Waals surface area contributed by atoms with Crippen LogP contribution in [0.5, 0.6) is 5.75 Å². The van der Waals surface area contributed by atoms with Crippen LogP contribution in [0, 0.1) is 0 Å². The number of methoxy groups -OCH3 is 1. The van der Waals surface area contributed by atoms with Gasteiger partial charge in [0.25, 0.3) is 0 Å². The van der Waals surface area contributed by atoms with Gasteiger partial charge in [0.1, 0.15) is 10.7 Å². The van der Waals surface area contributed by atoms with Crippen LogP contribution in [0.3, 0.4) is 0 Å². The summed E-state index contributed by atoms with van der Waals surface area (Å²) in [5.41, 5.74) is -0.372. The second-order valence-corrected chi connectivity index (χ2v) is 4.45. The van der Waals surface area contributed by atoms with Gasteiger partial charge in [0.15, 0.2) is 0 Å². The monoisotopic (exact) mass is 275 g/mol. The maximum Gasteiger partial charge on any atom is 0.419 e. The molecule has 1 aromatic rings. The molecule has 0 amide bonds. The summed E-state index contributed by atoms with van der Waals surface area (Å²) in [6, 6.07) is 3.93. The number of ether oxygens (including phenoxy) is 1. The lowest BCUT2D eigenvalue weighted by Gasteiger charge is -2.33. The van der Waals surface area contributed by atoms with E-state index in [1.807, 2.05) is 4.90 Å². The number of halogens is 3. The lowest BCUT2D eigenvalue weighted by atomic mass is 10.1. The summed E-state index contributed by atoms with van der Waals surface area (Å²) in [6.07, 6.45) is -3.41. The van der Waals surface area contributed by atoms with E-state index in [1.165, 1.54) is 13.2 Å². The fourth-order valence-electron chi connectivity index (χ4n) is 1.76. The molecule has 1 heterocycles. The third-order valence-corrected chi connectivity index (χ3v) is 3.39. The number of hydrogen-bond acceptors (Lipinski definition) is 2. The van der Waals surface area contributed by atoms with E-state index in [0.29, 0.717) is 10.6 Å². The summed E-state index contributed by atoms with van der Waals surface area (Å²) in [6.45, 7) is 1.62. The first-order valence-corrected chi connectivity index (χ1v) is 5.89. The number of nitrogens with zero attached hydrogens (tertiary/aromatic N) is 1. The first kappa shape index (κ1) is 13.1. The molecule has 2 rings (SSSR count). The molecule has 98 valence electrons. The van der Waals surface area contributed by atoms with Gasteiger partial charge >= 0.3 is 6.18 Å². The molecule has 0 radical (unpaired) electrons. The third-order valence-electron chi connectivity index (χ3n) is 2.90. The van der Waals surface area contributed by atoms with Crippen LogP contribution in [0.25, 0.3) is 0 Å². The molecule has 1 aliphatic rings. The predicted octanol–water partition coefficient (Wildman–Crippen LogP) is 3.10. The summed E-state index contributed by atoms with van der Waals surface area (Å²) in [5, 5.41) is 0. The first-order valence-electron chi connectivity index (χ1n) is 5.48. The molecule has 0 bridgehead atoms. The minimum Gasteiger partial charge on any atom is -0.496 e. The molecule has 1 aromatic carbocycles. The maximum atomic E-state index is 12.8. The van der Waals surface area contributed by atoms with Crippen LogP contribution in [-0.2, 0) is 6.18 Å². The molecule has 1 saturated heterocycles. The molecule has 1 fully saturated rings. The van der Waals surface area contributed by atoms with Crippen molar-refractivity contribution in [2.75, 3.05) is 20.2 Å². The summed E-state index contributed by atoms with van der Waals surface area (Å²) < 4.78 is 43.2. The van der Waals surface area contributed by atoms with Gasteiger partial charge in [0.05, 0.1) is 12.7 Å². The van der Waals surface area contributed by atoms with Crippen LogP contribution in [-0.4, -0.2) is 30.1 Å².